The van der Waals surface area contributed by atoms with Crippen LogP contribution >= 0.6 is 0 Å². The molecule has 0 aliphatic rings. The molecule has 1 unspecified atom stereocenters. The summed E-state index contributed by atoms with van der Waals surface area (Å²) in [4.78, 5) is 33.1. The topological polar surface area (TPSA) is 156 Å². The molecule has 120 valence electrons. The lowest BCUT2D eigenvalue weighted by atomic mass is 10.1. The first kappa shape index (κ1) is 19.1. The first-order valence-corrected chi connectivity index (χ1v) is 6.74. The molecule has 0 bridgehead atoms. The number of amides is 1. The molecule has 0 radical (unpaired) electrons. The van der Waals surface area contributed by atoms with Crippen LogP contribution in [0.3, 0.4) is 0 Å². The number of carbonyl (C=O) groups excluding carboxylic acids is 1. The maximum absolute atomic E-state index is 11.7. The fourth-order valence-electron chi connectivity index (χ4n) is 1.56. The van der Waals surface area contributed by atoms with Crippen LogP contribution in [0, 0.1) is 0 Å². The minimum atomic E-state index is -1.20. The third-order valence-corrected chi connectivity index (χ3v) is 2.75. The normalized spacial score (nSPS) is 13.8. The number of carbonyl (C=O) groups is 3. The van der Waals surface area contributed by atoms with E-state index in [9.17, 15) is 14.4 Å². The number of rotatable bonds is 11. The van der Waals surface area contributed by atoms with Gasteiger partial charge in [-0.3, -0.25) is 9.59 Å². The van der Waals surface area contributed by atoms with E-state index in [1.165, 1.54) is 12.2 Å². The summed E-state index contributed by atoms with van der Waals surface area (Å²) < 4.78 is 0. The highest BCUT2D eigenvalue weighted by Crippen LogP contribution is 2.01. The van der Waals surface area contributed by atoms with E-state index in [1.54, 1.807) is 0 Å². The second-order valence-corrected chi connectivity index (χ2v) is 4.60. The van der Waals surface area contributed by atoms with Crippen LogP contribution in [-0.4, -0.2) is 46.7 Å². The largest absolute Gasteiger partial charge is 0.481 e. The average Bonchev–Trinajstić information content (AvgIpc) is 2.41. The highest BCUT2D eigenvalue weighted by molar-refractivity contribution is 5.86. The molecular weight excluding hydrogens is 278 g/mol. The number of hydrogen-bond acceptors (Lipinski definition) is 5. The van der Waals surface area contributed by atoms with Gasteiger partial charge in [0.1, 0.15) is 6.04 Å². The number of nitrogens with two attached hydrogens (primary N) is 2. The van der Waals surface area contributed by atoms with Crippen LogP contribution in [-0.2, 0) is 14.4 Å². The van der Waals surface area contributed by atoms with E-state index < -0.39 is 29.9 Å². The Morgan fingerprint density at radius 3 is 2.33 bits per heavy atom. The second-order valence-electron chi connectivity index (χ2n) is 4.60. The fourth-order valence-corrected chi connectivity index (χ4v) is 1.56. The zero-order valence-electron chi connectivity index (χ0n) is 11.8. The molecule has 1 amide bonds. The molecule has 0 aromatic heterocycles. The third-order valence-electron chi connectivity index (χ3n) is 2.75. The summed E-state index contributed by atoms with van der Waals surface area (Å²) in [6.07, 6.45) is 4.44. The Morgan fingerprint density at radius 1 is 1.14 bits per heavy atom. The van der Waals surface area contributed by atoms with Crippen molar-refractivity contribution < 1.29 is 24.6 Å². The Bertz CT molecular complexity index is 384. The van der Waals surface area contributed by atoms with Crippen LogP contribution in [0.25, 0.3) is 0 Å². The minimum Gasteiger partial charge on any atom is -0.481 e. The maximum atomic E-state index is 11.7. The SMILES string of the molecule is NCCCC[C@H](N)C(=O)NC(CC=CCC(=O)O)C(=O)O. The fraction of sp³-hybridized carbons (Fsp3) is 0.615. The third kappa shape index (κ3) is 9.58. The van der Waals surface area contributed by atoms with Crippen molar-refractivity contribution in [1.29, 1.82) is 0 Å². The van der Waals surface area contributed by atoms with E-state index >= 15 is 0 Å². The standard InChI is InChI=1S/C13H23N3O5/c14-8-4-3-5-9(15)12(19)16-10(13(20)21)6-1-2-7-11(17)18/h1-2,9-10H,3-8,14-15H2,(H,16,19)(H,17,18)(H,20,21)/t9-,10?/m0/s1. The monoisotopic (exact) mass is 301 g/mol. The van der Waals surface area contributed by atoms with Crippen molar-refractivity contribution in [3.05, 3.63) is 12.2 Å². The highest BCUT2D eigenvalue weighted by atomic mass is 16.4. The predicted octanol–water partition coefficient (Wildman–Crippen LogP) is -0.567. The first-order chi connectivity index (χ1) is 9.88. The van der Waals surface area contributed by atoms with Gasteiger partial charge in [-0.1, -0.05) is 18.6 Å². The van der Waals surface area contributed by atoms with Gasteiger partial charge in [0.25, 0.3) is 0 Å². The Morgan fingerprint density at radius 2 is 1.81 bits per heavy atom. The Labute approximate surface area is 123 Å². The number of carboxylic acids is 2. The van der Waals surface area contributed by atoms with Crippen LogP contribution < -0.4 is 16.8 Å². The van der Waals surface area contributed by atoms with Crippen molar-refractivity contribution in [2.45, 2.75) is 44.2 Å². The second kappa shape index (κ2) is 10.8. The summed E-state index contributed by atoms with van der Waals surface area (Å²) >= 11 is 0. The van der Waals surface area contributed by atoms with Crippen molar-refractivity contribution in [3.8, 4) is 0 Å². The van der Waals surface area contributed by atoms with Gasteiger partial charge in [-0.2, -0.15) is 0 Å². The summed E-state index contributed by atoms with van der Waals surface area (Å²) in [7, 11) is 0. The Hall–Kier alpha value is -1.93. The molecule has 0 spiro atoms. The molecule has 7 N–H and O–H groups in total. The zero-order chi connectivity index (χ0) is 16.3. The summed E-state index contributed by atoms with van der Waals surface area (Å²) in [5, 5.41) is 19.8. The molecule has 0 fully saturated rings. The predicted molar refractivity (Wildman–Crippen MR) is 76.5 cm³/mol. The molecule has 0 aromatic rings. The van der Waals surface area contributed by atoms with E-state index in [0.29, 0.717) is 19.4 Å². The van der Waals surface area contributed by atoms with Gasteiger partial charge in [-0.25, -0.2) is 4.79 Å². The van der Waals surface area contributed by atoms with E-state index in [0.717, 1.165) is 6.42 Å². The van der Waals surface area contributed by atoms with Gasteiger partial charge in [0, 0.05) is 0 Å². The number of carboxylic acid groups (broad SMARTS) is 2. The average molecular weight is 301 g/mol. The number of unbranched alkanes of at least 4 members (excludes halogenated alkanes) is 1. The van der Waals surface area contributed by atoms with Crippen LogP contribution in [0.4, 0.5) is 0 Å². The maximum Gasteiger partial charge on any atom is 0.326 e. The zero-order valence-corrected chi connectivity index (χ0v) is 11.8. The number of nitrogens with one attached hydrogen (secondary N) is 1. The van der Waals surface area contributed by atoms with E-state index in [2.05, 4.69) is 5.32 Å². The van der Waals surface area contributed by atoms with Crippen molar-refractivity contribution >= 4 is 17.8 Å². The molecule has 8 nitrogen and oxygen atoms in total. The Balaban J connectivity index is 4.29. The molecule has 8 heteroatoms. The van der Waals surface area contributed by atoms with Gasteiger partial charge in [-0.15, -0.1) is 0 Å². The van der Waals surface area contributed by atoms with Gasteiger partial charge in [0.2, 0.25) is 5.91 Å². The Kier molecular flexibility index (Phi) is 9.82. The molecule has 21 heavy (non-hydrogen) atoms. The summed E-state index contributed by atoms with van der Waals surface area (Å²) in [6, 6.07) is -1.90. The van der Waals surface area contributed by atoms with E-state index in [1.807, 2.05) is 0 Å². The summed E-state index contributed by atoms with van der Waals surface area (Å²) in [6.45, 7) is 0.514. The van der Waals surface area contributed by atoms with Gasteiger partial charge in [0.15, 0.2) is 0 Å². The van der Waals surface area contributed by atoms with Crippen molar-refractivity contribution in [3.63, 3.8) is 0 Å². The smallest absolute Gasteiger partial charge is 0.326 e. The molecule has 0 saturated heterocycles. The lowest BCUT2D eigenvalue weighted by molar-refractivity contribution is -0.141. The van der Waals surface area contributed by atoms with Gasteiger partial charge >= 0.3 is 11.9 Å². The quantitative estimate of drug-likeness (QED) is 0.253. The van der Waals surface area contributed by atoms with Crippen molar-refractivity contribution in [2.24, 2.45) is 11.5 Å². The molecular formula is C13H23N3O5. The minimum absolute atomic E-state index is 0.00384. The van der Waals surface area contributed by atoms with Crippen molar-refractivity contribution in [2.75, 3.05) is 6.54 Å². The molecule has 0 saturated carbocycles. The lowest BCUT2D eigenvalue weighted by Gasteiger charge is -2.16. The lowest BCUT2D eigenvalue weighted by Crippen LogP contribution is -2.48. The number of aliphatic carboxylic acids is 2. The van der Waals surface area contributed by atoms with Gasteiger partial charge in [-0.05, 0) is 25.8 Å². The van der Waals surface area contributed by atoms with Gasteiger partial charge in [0.05, 0.1) is 12.5 Å². The van der Waals surface area contributed by atoms with Crippen LogP contribution in [0.2, 0.25) is 0 Å². The molecule has 0 rings (SSSR count). The number of hydrogen-bond donors (Lipinski definition) is 5. The van der Waals surface area contributed by atoms with E-state index in [-0.39, 0.29) is 12.8 Å². The first-order valence-electron chi connectivity index (χ1n) is 6.74. The summed E-state index contributed by atoms with van der Waals surface area (Å²) in [5.41, 5.74) is 11.0. The van der Waals surface area contributed by atoms with Crippen LogP contribution in [0.5, 0.6) is 0 Å². The molecule has 2 atom stereocenters. The van der Waals surface area contributed by atoms with Crippen LogP contribution in [0.15, 0.2) is 12.2 Å². The van der Waals surface area contributed by atoms with Crippen molar-refractivity contribution in [1.82, 2.24) is 5.32 Å². The van der Waals surface area contributed by atoms with Gasteiger partial charge < -0.3 is 27.0 Å². The molecule has 0 aliphatic carbocycles. The molecule has 0 heterocycles. The highest BCUT2D eigenvalue weighted by Gasteiger charge is 2.21. The molecule has 0 aromatic carbocycles. The molecule has 0 aliphatic heterocycles. The van der Waals surface area contributed by atoms with E-state index in [4.69, 9.17) is 21.7 Å². The summed E-state index contributed by atoms with van der Waals surface area (Å²) in [5.74, 6) is -2.74. The van der Waals surface area contributed by atoms with Crippen LogP contribution in [0.1, 0.15) is 32.1 Å².